The zero-order chi connectivity index (χ0) is 14.3. The number of pyridine rings is 1. The molecule has 6 heteroatoms. The van der Waals surface area contributed by atoms with Crippen LogP contribution in [-0.4, -0.2) is 36.6 Å². The Morgan fingerprint density at radius 2 is 2.30 bits per heavy atom. The van der Waals surface area contributed by atoms with Gasteiger partial charge in [0.2, 0.25) is 5.91 Å². The number of anilines is 2. The molecular weight excluding hydrogens is 258 g/mol. The molecule has 2 atom stereocenters. The van der Waals surface area contributed by atoms with Gasteiger partial charge in [0.05, 0.1) is 18.7 Å². The predicted octanol–water partition coefficient (Wildman–Crippen LogP) is 1.10. The number of rotatable bonds is 1. The van der Waals surface area contributed by atoms with Crippen LogP contribution in [0.5, 0.6) is 0 Å². The Hall–Kier alpha value is -2.11. The van der Waals surface area contributed by atoms with Crippen LogP contribution in [0.25, 0.3) is 0 Å². The van der Waals surface area contributed by atoms with E-state index in [2.05, 4.69) is 10.3 Å². The molecule has 1 amide bonds. The summed E-state index contributed by atoms with van der Waals surface area (Å²) >= 11 is 0. The van der Waals surface area contributed by atoms with Gasteiger partial charge in [-0.1, -0.05) is 0 Å². The first kappa shape index (κ1) is 12.9. The smallest absolute Gasteiger partial charge is 0.308 e. The molecule has 0 saturated carbocycles. The number of hydrogen-bond acceptors (Lipinski definition) is 5. The summed E-state index contributed by atoms with van der Waals surface area (Å²) in [5.74, 6) is 0.286. The van der Waals surface area contributed by atoms with E-state index in [1.54, 1.807) is 0 Å². The van der Waals surface area contributed by atoms with Gasteiger partial charge in [-0.05, 0) is 31.9 Å². The number of carbonyl (C=O) groups excluding carboxylic acids is 2. The molecule has 0 aromatic carbocycles. The van der Waals surface area contributed by atoms with Crippen molar-refractivity contribution >= 4 is 23.4 Å². The van der Waals surface area contributed by atoms with Gasteiger partial charge in [-0.3, -0.25) is 9.59 Å². The molecule has 2 unspecified atom stereocenters. The minimum Gasteiger partial charge on any atom is -0.469 e. The molecule has 1 aromatic heterocycles. The van der Waals surface area contributed by atoms with Gasteiger partial charge in [0.15, 0.2) is 5.82 Å². The second-order valence-corrected chi connectivity index (χ2v) is 5.27. The van der Waals surface area contributed by atoms with E-state index >= 15 is 0 Å². The average molecular weight is 275 g/mol. The molecule has 20 heavy (non-hydrogen) atoms. The lowest BCUT2D eigenvalue weighted by atomic mass is 9.89. The van der Waals surface area contributed by atoms with Crippen molar-refractivity contribution in [1.82, 2.24) is 4.98 Å². The number of hydrogen-bond donors (Lipinski definition) is 1. The standard InChI is InChI=1S/C14H17N3O3/c1-8-3-4-10-12(15-8)17-6-5-9(14(19)20-2)7-11(17)13(18)16-10/h3-4,9,11H,5-7H2,1-2H3,(H,16,18). The lowest BCUT2D eigenvalue weighted by molar-refractivity contribution is -0.146. The largest absolute Gasteiger partial charge is 0.469 e. The quantitative estimate of drug-likeness (QED) is 0.777. The maximum Gasteiger partial charge on any atom is 0.308 e. The summed E-state index contributed by atoms with van der Waals surface area (Å²) in [5.41, 5.74) is 1.65. The van der Waals surface area contributed by atoms with Crippen molar-refractivity contribution in [2.75, 3.05) is 23.9 Å². The number of aryl methyl sites for hydroxylation is 1. The molecule has 1 fully saturated rings. The van der Waals surface area contributed by atoms with Crippen molar-refractivity contribution in [3.8, 4) is 0 Å². The molecule has 2 aliphatic heterocycles. The van der Waals surface area contributed by atoms with Gasteiger partial charge in [0.1, 0.15) is 6.04 Å². The molecule has 3 rings (SSSR count). The predicted molar refractivity (Wildman–Crippen MR) is 73.5 cm³/mol. The number of esters is 1. The Balaban J connectivity index is 1.91. The Bertz CT molecular complexity index is 573. The molecule has 0 bridgehead atoms. The van der Waals surface area contributed by atoms with Crippen LogP contribution < -0.4 is 10.2 Å². The van der Waals surface area contributed by atoms with E-state index in [4.69, 9.17) is 4.74 Å². The summed E-state index contributed by atoms with van der Waals surface area (Å²) in [7, 11) is 1.38. The van der Waals surface area contributed by atoms with Crippen molar-refractivity contribution in [2.45, 2.75) is 25.8 Å². The van der Waals surface area contributed by atoms with Gasteiger partial charge in [-0.2, -0.15) is 0 Å². The number of piperidine rings is 1. The number of amides is 1. The molecule has 2 aliphatic rings. The van der Waals surface area contributed by atoms with E-state index < -0.39 is 0 Å². The van der Waals surface area contributed by atoms with Gasteiger partial charge in [0, 0.05) is 12.2 Å². The van der Waals surface area contributed by atoms with E-state index in [1.807, 2.05) is 24.0 Å². The first-order chi connectivity index (χ1) is 9.60. The van der Waals surface area contributed by atoms with Crippen LogP contribution in [-0.2, 0) is 14.3 Å². The van der Waals surface area contributed by atoms with Gasteiger partial charge in [0.25, 0.3) is 0 Å². The molecule has 0 aliphatic carbocycles. The normalized spacial score (nSPS) is 24.5. The molecule has 0 spiro atoms. The summed E-state index contributed by atoms with van der Waals surface area (Å²) in [6, 6.07) is 3.41. The maximum absolute atomic E-state index is 12.2. The number of aromatic nitrogens is 1. The van der Waals surface area contributed by atoms with Crippen LogP contribution >= 0.6 is 0 Å². The topological polar surface area (TPSA) is 71.5 Å². The van der Waals surface area contributed by atoms with E-state index in [0.29, 0.717) is 19.4 Å². The number of methoxy groups -OCH3 is 1. The molecule has 1 saturated heterocycles. The van der Waals surface area contributed by atoms with Crippen LogP contribution in [0, 0.1) is 12.8 Å². The van der Waals surface area contributed by atoms with Gasteiger partial charge < -0.3 is 15.0 Å². The summed E-state index contributed by atoms with van der Waals surface area (Å²) < 4.78 is 4.79. The molecule has 0 radical (unpaired) electrons. The van der Waals surface area contributed by atoms with Gasteiger partial charge in [-0.25, -0.2) is 4.98 Å². The molecule has 6 nitrogen and oxygen atoms in total. The van der Waals surface area contributed by atoms with Crippen LogP contribution in [0.1, 0.15) is 18.5 Å². The molecule has 106 valence electrons. The summed E-state index contributed by atoms with van der Waals surface area (Å²) in [4.78, 5) is 30.4. The zero-order valence-electron chi connectivity index (χ0n) is 11.5. The van der Waals surface area contributed by atoms with E-state index in [-0.39, 0.29) is 23.8 Å². The second kappa shape index (κ2) is 4.77. The number of fused-ring (bicyclic) bond motifs is 3. The van der Waals surface area contributed by atoms with E-state index in [0.717, 1.165) is 17.2 Å². The van der Waals surface area contributed by atoms with E-state index in [1.165, 1.54) is 7.11 Å². The molecule has 3 heterocycles. The van der Waals surface area contributed by atoms with Crippen LogP contribution in [0.15, 0.2) is 12.1 Å². The third-order valence-electron chi connectivity index (χ3n) is 3.98. The highest BCUT2D eigenvalue weighted by Gasteiger charge is 2.41. The zero-order valence-corrected chi connectivity index (χ0v) is 11.5. The van der Waals surface area contributed by atoms with Crippen molar-refractivity contribution in [3.63, 3.8) is 0 Å². The monoisotopic (exact) mass is 275 g/mol. The first-order valence-electron chi connectivity index (χ1n) is 6.73. The van der Waals surface area contributed by atoms with Gasteiger partial charge in [-0.15, -0.1) is 0 Å². The lowest BCUT2D eigenvalue weighted by Crippen LogP contribution is -2.54. The number of nitrogens with one attached hydrogen (secondary N) is 1. The Labute approximate surface area is 117 Å². The fourth-order valence-electron chi connectivity index (χ4n) is 2.92. The van der Waals surface area contributed by atoms with Gasteiger partial charge >= 0.3 is 5.97 Å². The average Bonchev–Trinajstić information content (AvgIpc) is 2.47. The second-order valence-electron chi connectivity index (χ2n) is 5.27. The van der Waals surface area contributed by atoms with Crippen molar-refractivity contribution in [1.29, 1.82) is 0 Å². The lowest BCUT2D eigenvalue weighted by Gasteiger charge is -2.42. The SMILES string of the molecule is COC(=O)C1CCN2c3nc(C)ccc3NC(=O)C2C1. The van der Waals surface area contributed by atoms with Crippen LogP contribution in [0.2, 0.25) is 0 Å². The number of ether oxygens (including phenoxy) is 1. The fourth-order valence-corrected chi connectivity index (χ4v) is 2.92. The third kappa shape index (κ3) is 2.01. The molecule has 1 N–H and O–H groups in total. The Kier molecular flexibility index (Phi) is 3.08. The van der Waals surface area contributed by atoms with Crippen molar-refractivity contribution in [2.24, 2.45) is 5.92 Å². The minimum atomic E-state index is -0.338. The maximum atomic E-state index is 12.2. The highest BCUT2D eigenvalue weighted by Crippen LogP contribution is 2.36. The summed E-state index contributed by atoms with van der Waals surface area (Å²) in [6.07, 6.45) is 1.17. The highest BCUT2D eigenvalue weighted by atomic mass is 16.5. The van der Waals surface area contributed by atoms with E-state index in [9.17, 15) is 9.59 Å². The minimum absolute atomic E-state index is 0.0724. The highest BCUT2D eigenvalue weighted by molar-refractivity contribution is 6.03. The fraction of sp³-hybridized carbons (Fsp3) is 0.500. The first-order valence-corrected chi connectivity index (χ1v) is 6.73. The third-order valence-corrected chi connectivity index (χ3v) is 3.98. The summed E-state index contributed by atoms with van der Waals surface area (Å²) in [6.45, 7) is 2.56. The number of nitrogens with zero attached hydrogens (tertiary/aromatic N) is 2. The van der Waals surface area contributed by atoms with Crippen molar-refractivity contribution in [3.05, 3.63) is 17.8 Å². The van der Waals surface area contributed by atoms with Crippen molar-refractivity contribution < 1.29 is 14.3 Å². The Morgan fingerprint density at radius 3 is 3.05 bits per heavy atom. The summed E-state index contributed by atoms with van der Waals surface area (Å²) in [5, 5.41) is 2.87. The number of carbonyl (C=O) groups is 2. The Morgan fingerprint density at radius 1 is 1.50 bits per heavy atom. The molecule has 1 aromatic rings. The van der Waals surface area contributed by atoms with Crippen LogP contribution in [0.3, 0.4) is 0 Å². The molecular formula is C14H17N3O3. The van der Waals surface area contributed by atoms with Crippen LogP contribution in [0.4, 0.5) is 11.5 Å².